The summed E-state index contributed by atoms with van der Waals surface area (Å²) in [7, 11) is 0. The fraction of sp³-hybridized carbons (Fsp3) is 0.333. The summed E-state index contributed by atoms with van der Waals surface area (Å²) in [6.07, 6.45) is 8.78. The normalized spacial score (nSPS) is 22.3. The second kappa shape index (κ2) is 10.6. The predicted octanol–water partition coefficient (Wildman–Crippen LogP) is 6.74. The zero-order chi connectivity index (χ0) is 25.9. The lowest BCUT2D eigenvalue weighted by Gasteiger charge is -2.44. The molecule has 1 spiro atoms. The number of hydrogen-bond acceptors (Lipinski definition) is 5. The number of hydrogen-bond donors (Lipinski definition) is 2. The van der Waals surface area contributed by atoms with Gasteiger partial charge in [0, 0.05) is 34.5 Å². The van der Waals surface area contributed by atoms with Crippen LogP contribution in [0.25, 0.3) is 6.08 Å². The van der Waals surface area contributed by atoms with Crippen molar-refractivity contribution in [2.45, 2.75) is 50.0 Å². The summed E-state index contributed by atoms with van der Waals surface area (Å²) in [6, 6.07) is 17.9. The molecule has 5 rings (SSSR count). The van der Waals surface area contributed by atoms with Crippen LogP contribution in [0.15, 0.2) is 77.2 Å². The first kappa shape index (κ1) is 25.3. The fourth-order valence-electron chi connectivity index (χ4n) is 5.55. The van der Waals surface area contributed by atoms with Gasteiger partial charge in [0.15, 0.2) is 0 Å². The number of anilines is 1. The maximum absolute atomic E-state index is 12.5. The van der Waals surface area contributed by atoms with E-state index >= 15 is 0 Å². The highest BCUT2D eigenvalue weighted by molar-refractivity contribution is 9.10. The summed E-state index contributed by atoms with van der Waals surface area (Å²) >= 11 is 3.48. The van der Waals surface area contributed by atoms with Gasteiger partial charge in [0.2, 0.25) is 0 Å². The summed E-state index contributed by atoms with van der Waals surface area (Å²) < 4.78 is 13.2. The third-order valence-corrected chi connectivity index (χ3v) is 8.08. The largest absolute Gasteiger partial charge is 0.497 e. The first-order valence-electron chi connectivity index (χ1n) is 12.7. The summed E-state index contributed by atoms with van der Waals surface area (Å²) in [5.74, 6) is 0.966. The topological polar surface area (TPSA) is 80.7 Å². The van der Waals surface area contributed by atoms with Crippen molar-refractivity contribution in [3.05, 3.63) is 93.9 Å². The first-order chi connectivity index (χ1) is 17.9. The van der Waals surface area contributed by atoms with E-state index in [1.165, 1.54) is 5.56 Å². The zero-order valence-corrected chi connectivity index (χ0v) is 22.5. The van der Waals surface area contributed by atoms with Crippen molar-refractivity contribution < 1.29 is 19.4 Å². The van der Waals surface area contributed by atoms with E-state index in [1.807, 2.05) is 43.3 Å². The van der Waals surface area contributed by atoms with Crippen molar-refractivity contribution >= 4 is 33.7 Å². The van der Waals surface area contributed by atoms with Gasteiger partial charge in [-0.15, -0.1) is 0 Å². The van der Waals surface area contributed by atoms with Crippen LogP contribution >= 0.6 is 15.9 Å². The van der Waals surface area contributed by atoms with Crippen LogP contribution in [0.4, 0.5) is 5.69 Å². The average molecular weight is 563 g/mol. The highest BCUT2D eigenvalue weighted by Gasteiger charge is 2.52. The van der Waals surface area contributed by atoms with E-state index in [0.29, 0.717) is 38.9 Å². The number of nitrogens with zero attached hydrogens (tertiary/aromatic N) is 1. The number of aromatic nitrogens is 1. The smallest absolute Gasteiger partial charge is 0.329 e. The number of aliphatic carboxylic acids is 1. The van der Waals surface area contributed by atoms with E-state index < -0.39 is 11.5 Å². The number of fused-ring (bicyclic) bond motifs is 2. The Morgan fingerprint density at radius 1 is 1.05 bits per heavy atom. The lowest BCUT2D eigenvalue weighted by molar-refractivity contribution is -0.144. The minimum atomic E-state index is -1.02. The lowest BCUT2D eigenvalue weighted by atomic mass is 9.64. The SMILES string of the molecule is Cc1cnccc1OCCCOC1=Cc2ccccc2C12CCC(Nc1cccc(Br)c1)(C(=O)O)CC2. The number of ether oxygens (including phenoxy) is 2. The molecule has 2 aliphatic rings. The quantitative estimate of drug-likeness (QED) is 0.281. The molecular weight excluding hydrogens is 532 g/mol. The fourth-order valence-corrected chi connectivity index (χ4v) is 5.95. The molecule has 192 valence electrons. The van der Waals surface area contributed by atoms with Crippen LogP contribution < -0.4 is 10.1 Å². The lowest BCUT2D eigenvalue weighted by Crippen LogP contribution is -2.52. The molecule has 0 bridgehead atoms. The molecule has 1 fully saturated rings. The summed E-state index contributed by atoms with van der Waals surface area (Å²) in [5, 5.41) is 13.6. The molecule has 6 nitrogen and oxygen atoms in total. The Morgan fingerprint density at radius 3 is 2.59 bits per heavy atom. The Bertz CT molecular complexity index is 1310. The number of benzene rings is 2. The summed E-state index contributed by atoms with van der Waals surface area (Å²) in [5.41, 5.74) is 2.87. The number of allylic oxidation sites excluding steroid dienone is 1. The van der Waals surface area contributed by atoms with Gasteiger partial charge >= 0.3 is 5.97 Å². The Labute approximate surface area is 225 Å². The van der Waals surface area contributed by atoms with Crippen LogP contribution in [0.3, 0.4) is 0 Å². The van der Waals surface area contributed by atoms with Crippen LogP contribution in [-0.2, 0) is 14.9 Å². The van der Waals surface area contributed by atoms with Crippen LogP contribution in [-0.4, -0.2) is 34.8 Å². The molecule has 37 heavy (non-hydrogen) atoms. The number of aryl methyl sites for hydroxylation is 1. The van der Waals surface area contributed by atoms with Gasteiger partial charge in [-0.25, -0.2) is 4.79 Å². The minimum Gasteiger partial charge on any atom is -0.497 e. The van der Waals surface area contributed by atoms with Crippen molar-refractivity contribution in [1.82, 2.24) is 4.98 Å². The molecule has 2 aromatic carbocycles. The maximum Gasteiger partial charge on any atom is 0.329 e. The molecule has 1 heterocycles. The van der Waals surface area contributed by atoms with Crippen molar-refractivity contribution in [3.63, 3.8) is 0 Å². The van der Waals surface area contributed by atoms with Gasteiger partial charge in [-0.1, -0.05) is 46.3 Å². The van der Waals surface area contributed by atoms with Crippen LogP contribution in [0.1, 0.15) is 48.8 Å². The number of pyridine rings is 1. The molecule has 0 unspecified atom stereocenters. The van der Waals surface area contributed by atoms with Crippen molar-refractivity contribution in [1.29, 1.82) is 0 Å². The highest BCUT2D eigenvalue weighted by Crippen LogP contribution is 2.53. The molecule has 0 saturated heterocycles. The van der Waals surface area contributed by atoms with Gasteiger partial charge < -0.3 is 19.9 Å². The molecule has 0 amide bonds. The number of carbonyl (C=O) groups is 1. The monoisotopic (exact) mass is 562 g/mol. The molecule has 0 aliphatic heterocycles. The number of carboxylic acids is 1. The molecule has 3 aromatic rings. The third-order valence-electron chi connectivity index (χ3n) is 7.58. The number of halogens is 1. The average Bonchev–Trinajstić information content (AvgIpc) is 3.19. The molecular formula is C30H31BrN2O4. The molecule has 0 atom stereocenters. The molecule has 0 radical (unpaired) electrons. The van der Waals surface area contributed by atoms with Gasteiger partial charge in [0.1, 0.15) is 17.0 Å². The minimum absolute atomic E-state index is 0.308. The Morgan fingerprint density at radius 2 is 1.84 bits per heavy atom. The van der Waals surface area contributed by atoms with Crippen LogP contribution in [0.5, 0.6) is 5.75 Å². The van der Waals surface area contributed by atoms with Crippen molar-refractivity contribution in [2.75, 3.05) is 18.5 Å². The second-order valence-electron chi connectivity index (χ2n) is 9.89. The number of nitrogens with one attached hydrogen (secondary N) is 1. The van der Waals surface area contributed by atoms with Crippen molar-refractivity contribution in [3.8, 4) is 5.75 Å². The zero-order valence-electron chi connectivity index (χ0n) is 20.9. The molecule has 1 aromatic heterocycles. The third kappa shape index (κ3) is 5.10. The van der Waals surface area contributed by atoms with Crippen molar-refractivity contribution in [2.24, 2.45) is 0 Å². The Hall–Kier alpha value is -3.32. The molecule has 1 saturated carbocycles. The van der Waals surface area contributed by atoms with Gasteiger partial charge in [0.25, 0.3) is 0 Å². The Kier molecular flexibility index (Phi) is 7.24. The van der Waals surface area contributed by atoms with E-state index in [9.17, 15) is 9.90 Å². The van der Waals surface area contributed by atoms with Gasteiger partial charge in [-0.05, 0) is 74.1 Å². The van der Waals surface area contributed by atoms with Gasteiger partial charge in [0.05, 0.1) is 18.6 Å². The van der Waals surface area contributed by atoms with E-state index in [4.69, 9.17) is 9.47 Å². The molecule has 2 aliphatic carbocycles. The van der Waals surface area contributed by atoms with Crippen LogP contribution in [0, 0.1) is 6.92 Å². The number of rotatable bonds is 9. The predicted molar refractivity (Wildman–Crippen MR) is 148 cm³/mol. The summed E-state index contributed by atoms with van der Waals surface area (Å²) in [4.78, 5) is 16.6. The maximum atomic E-state index is 12.5. The van der Waals surface area contributed by atoms with E-state index in [2.05, 4.69) is 50.5 Å². The van der Waals surface area contributed by atoms with Gasteiger partial charge in [-0.2, -0.15) is 0 Å². The Balaban J connectivity index is 1.28. The number of carboxylic acid groups (broad SMARTS) is 1. The van der Waals surface area contributed by atoms with E-state index in [1.54, 1.807) is 12.4 Å². The molecule has 7 heteroatoms. The van der Waals surface area contributed by atoms with E-state index in [0.717, 1.165) is 39.2 Å². The summed E-state index contributed by atoms with van der Waals surface area (Å²) in [6.45, 7) is 3.07. The second-order valence-corrected chi connectivity index (χ2v) is 10.8. The van der Waals surface area contributed by atoms with Gasteiger partial charge in [-0.3, -0.25) is 4.98 Å². The first-order valence-corrected chi connectivity index (χ1v) is 13.5. The molecule has 2 N–H and O–H groups in total. The highest BCUT2D eigenvalue weighted by atomic mass is 79.9. The van der Waals surface area contributed by atoms with E-state index in [-0.39, 0.29) is 5.41 Å². The van der Waals surface area contributed by atoms with Crippen LogP contribution in [0.2, 0.25) is 0 Å². The standard InChI is InChI=1S/C30H31BrN2O4/c1-21-20-32-15-10-26(21)36-16-5-17-37-27-18-22-6-2-3-9-25(22)29(27)11-13-30(14-12-29,28(34)35)33-24-8-4-7-23(31)19-24/h2-4,6-10,15,18-20,33H,5,11-14,16-17H2,1H3,(H,34,35).